The lowest BCUT2D eigenvalue weighted by Gasteiger charge is -2.21. The Morgan fingerprint density at radius 2 is 2.24 bits per heavy atom. The number of aryl methyl sites for hydroxylation is 1. The molecule has 0 aliphatic heterocycles. The number of hydrogen-bond donors (Lipinski definition) is 4. The van der Waals surface area contributed by atoms with Crippen molar-refractivity contribution in [1.82, 2.24) is 0 Å². The molecule has 5 nitrogen and oxygen atoms in total. The van der Waals surface area contributed by atoms with Crippen LogP contribution in [0.25, 0.3) is 0 Å². The molecule has 94 valence electrons. The summed E-state index contributed by atoms with van der Waals surface area (Å²) >= 11 is 4.25. The number of thiol groups is 1. The molecular weight excluding hydrogens is 242 g/mol. The van der Waals surface area contributed by atoms with Gasteiger partial charge < -0.3 is 20.7 Å². The largest absolute Gasteiger partial charge is 0.419 e. The molecule has 1 aromatic rings. The van der Waals surface area contributed by atoms with Crippen molar-refractivity contribution in [3.8, 4) is 0 Å². The second kappa shape index (κ2) is 5.90. The van der Waals surface area contributed by atoms with Crippen molar-refractivity contribution in [3.63, 3.8) is 0 Å². The Morgan fingerprint density at radius 3 is 2.71 bits per heavy atom. The summed E-state index contributed by atoms with van der Waals surface area (Å²) in [6.07, 6.45) is -2.59. The van der Waals surface area contributed by atoms with Gasteiger partial charge in [0.2, 0.25) is 6.29 Å². The lowest BCUT2D eigenvalue weighted by molar-refractivity contribution is -0.0764. The molecule has 1 amide bonds. The molecule has 0 radical (unpaired) electrons. The number of rotatable bonds is 4. The van der Waals surface area contributed by atoms with Gasteiger partial charge in [-0.3, -0.25) is 0 Å². The molecule has 6 heteroatoms. The standard InChI is InChI=1S/C11H15NO4S/c1-6-2-3-7(9(17)4-6)8(5-13)10(14)16-11(12)15/h2-4,8,10,13-14,17H,5H2,1H3,(H2,12,15)/t8-,10+/m0/s1. The van der Waals surface area contributed by atoms with Crippen molar-refractivity contribution in [2.24, 2.45) is 5.73 Å². The van der Waals surface area contributed by atoms with Gasteiger partial charge in [-0.2, -0.15) is 0 Å². The topological polar surface area (TPSA) is 92.8 Å². The highest BCUT2D eigenvalue weighted by molar-refractivity contribution is 7.80. The highest BCUT2D eigenvalue weighted by Gasteiger charge is 2.25. The van der Waals surface area contributed by atoms with E-state index in [1.165, 1.54) is 0 Å². The second-order valence-corrected chi connectivity index (χ2v) is 4.16. The Hall–Kier alpha value is -1.24. The van der Waals surface area contributed by atoms with E-state index >= 15 is 0 Å². The minimum atomic E-state index is -1.49. The van der Waals surface area contributed by atoms with Crippen LogP contribution in [0, 0.1) is 6.92 Å². The van der Waals surface area contributed by atoms with Gasteiger partial charge in [-0.15, -0.1) is 12.6 Å². The summed E-state index contributed by atoms with van der Waals surface area (Å²) < 4.78 is 4.44. The second-order valence-electron chi connectivity index (χ2n) is 3.68. The minimum Gasteiger partial charge on any atom is -0.419 e. The quantitative estimate of drug-likeness (QED) is 0.473. The van der Waals surface area contributed by atoms with Crippen LogP contribution in [0.1, 0.15) is 17.0 Å². The molecule has 0 aromatic heterocycles. The molecule has 2 atom stereocenters. The molecule has 0 aliphatic carbocycles. The Balaban J connectivity index is 2.96. The molecule has 1 rings (SSSR count). The average molecular weight is 257 g/mol. The lowest BCUT2D eigenvalue weighted by atomic mass is 9.98. The fourth-order valence-corrected chi connectivity index (χ4v) is 1.95. The van der Waals surface area contributed by atoms with Gasteiger partial charge in [0.1, 0.15) is 0 Å². The fourth-order valence-electron chi connectivity index (χ4n) is 1.51. The van der Waals surface area contributed by atoms with Gasteiger partial charge in [0.25, 0.3) is 0 Å². The Morgan fingerprint density at radius 1 is 1.59 bits per heavy atom. The van der Waals surface area contributed by atoms with E-state index in [0.717, 1.165) is 5.56 Å². The van der Waals surface area contributed by atoms with Gasteiger partial charge in [-0.05, 0) is 18.6 Å². The first kappa shape index (κ1) is 13.8. The van der Waals surface area contributed by atoms with Crippen LogP contribution in [0.4, 0.5) is 4.79 Å². The third-order valence-electron chi connectivity index (χ3n) is 2.36. The number of amides is 1. The highest BCUT2D eigenvalue weighted by Crippen LogP contribution is 2.27. The SMILES string of the molecule is Cc1ccc([C@H](CO)[C@H](O)OC(N)=O)c(S)c1. The van der Waals surface area contributed by atoms with Crippen LogP contribution in [0.5, 0.6) is 0 Å². The number of carbonyl (C=O) groups is 1. The smallest absolute Gasteiger partial charge is 0.406 e. The van der Waals surface area contributed by atoms with Crippen LogP contribution in [-0.4, -0.2) is 29.2 Å². The van der Waals surface area contributed by atoms with Crippen LogP contribution in [-0.2, 0) is 4.74 Å². The molecule has 0 unspecified atom stereocenters. The predicted octanol–water partition coefficient (Wildman–Crippen LogP) is 0.773. The van der Waals surface area contributed by atoms with E-state index in [1.54, 1.807) is 12.1 Å². The maximum Gasteiger partial charge on any atom is 0.406 e. The maximum absolute atomic E-state index is 10.5. The molecular formula is C11H15NO4S. The summed E-state index contributed by atoms with van der Waals surface area (Å²) in [5, 5.41) is 18.8. The first-order valence-electron chi connectivity index (χ1n) is 5.00. The number of primary amides is 1. The van der Waals surface area contributed by atoms with Crippen molar-refractivity contribution in [2.75, 3.05) is 6.61 Å². The highest BCUT2D eigenvalue weighted by atomic mass is 32.1. The van der Waals surface area contributed by atoms with Crippen LogP contribution in [0.2, 0.25) is 0 Å². The van der Waals surface area contributed by atoms with Gasteiger partial charge in [0, 0.05) is 4.90 Å². The molecule has 4 N–H and O–H groups in total. The number of ether oxygens (including phenoxy) is 1. The Labute approximate surface area is 105 Å². The monoisotopic (exact) mass is 257 g/mol. The molecule has 1 aromatic carbocycles. The fraction of sp³-hybridized carbons (Fsp3) is 0.364. The predicted molar refractivity (Wildman–Crippen MR) is 64.9 cm³/mol. The van der Waals surface area contributed by atoms with E-state index in [4.69, 9.17) is 5.73 Å². The van der Waals surface area contributed by atoms with Crippen LogP contribution < -0.4 is 5.73 Å². The number of hydrogen-bond acceptors (Lipinski definition) is 5. The summed E-state index contributed by atoms with van der Waals surface area (Å²) in [5.41, 5.74) is 6.40. The van der Waals surface area contributed by atoms with Crippen molar-refractivity contribution < 1.29 is 19.7 Å². The van der Waals surface area contributed by atoms with Crippen molar-refractivity contribution in [2.45, 2.75) is 24.0 Å². The van der Waals surface area contributed by atoms with Gasteiger partial charge in [0.05, 0.1) is 12.5 Å². The zero-order valence-electron chi connectivity index (χ0n) is 9.33. The molecule has 0 spiro atoms. The zero-order valence-corrected chi connectivity index (χ0v) is 10.2. The first-order valence-corrected chi connectivity index (χ1v) is 5.45. The van der Waals surface area contributed by atoms with E-state index in [0.29, 0.717) is 10.5 Å². The maximum atomic E-state index is 10.5. The third kappa shape index (κ3) is 3.62. The van der Waals surface area contributed by atoms with E-state index in [1.807, 2.05) is 13.0 Å². The van der Waals surface area contributed by atoms with Crippen LogP contribution in [0.3, 0.4) is 0 Å². The molecule has 0 heterocycles. The molecule has 0 bridgehead atoms. The van der Waals surface area contributed by atoms with Crippen molar-refractivity contribution in [3.05, 3.63) is 29.3 Å². The number of aliphatic hydroxyl groups is 2. The van der Waals surface area contributed by atoms with E-state index in [2.05, 4.69) is 17.4 Å². The molecule has 0 saturated heterocycles. The van der Waals surface area contributed by atoms with Crippen LogP contribution >= 0.6 is 12.6 Å². The van der Waals surface area contributed by atoms with E-state index in [9.17, 15) is 15.0 Å². The normalized spacial score (nSPS) is 14.1. The zero-order chi connectivity index (χ0) is 13.0. The van der Waals surface area contributed by atoms with Gasteiger partial charge in [-0.1, -0.05) is 17.7 Å². The van der Waals surface area contributed by atoms with Crippen LogP contribution in [0.15, 0.2) is 23.1 Å². The summed E-state index contributed by atoms with van der Waals surface area (Å²) in [4.78, 5) is 11.1. The number of aliphatic hydroxyl groups excluding tert-OH is 2. The lowest BCUT2D eigenvalue weighted by Crippen LogP contribution is -2.30. The molecule has 0 fully saturated rings. The van der Waals surface area contributed by atoms with Gasteiger partial charge in [-0.25, -0.2) is 4.79 Å². The number of nitrogens with two attached hydrogens (primary N) is 1. The minimum absolute atomic E-state index is 0.384. The molecule has 17 heavy (non-hydrogen) atoms. The van der Waals surface area contributed by atoms with E-state index in [-0.39, 0.29) is 6.61 Å². The van der Waals surface area contributed by atoms with Crippen molar-refractivity contribution >= 4 is 18.7 Å². The third-order valence-corrected chi connectivity index (χ3v) is 2.75. The first-order chi connectivity index (χ1) is 7.95. The number of benzene rings is 1. The molecule has 0 aliphatic rings. The summed E-state index contributed by atoms with van der Waals surface area (Å²) in [5.74, 6) is -0.768. The van der Waals surface area contributed by atoms with Crippen molar-refractivity contribution in [1.29, 1.82) is 0 Å². The summed E-state index contributed by atoms with van der Waals surface area (Å²) in [6, 6.07) is 5.32. The summed E-state index contributed by atoms with van der Waals surface area (Å²) in [7, 11) is 0. The molecule has 0 saturated carbocycles. The van der Waals surface area contributed by atoms with E-state index < -0.39 is 18.3 Å². The summed E-state index contributed by atoms with van der Waals surface area (Å²) in [6.45, 7) is 1.51. The average Bonchev–Trinajstić information content (AvgIpc) is 2.21. The Kier molecular flexibility index (Phi) is 4.80. The van der Waals surface area contributed by atoms with Gasteiger partial charge >= 0.3 is 6.09 Å². The Bertz CT molecular complexity index is 410. The van der Waals surface area contributed by atoms with Gasteiger partial charge in [0.15, 0.2) is 0 Å². The number of carbonyl (C=O) groups excluding carboxylic acids is 1.